The molecule has 3 N–H and O–H groups in total. The van der Waals surface area contributed by atoms with Gasteiger partial charge in [-0.3, -0.25) is 14.5 Å². The molecule has 0 aliphatic carbocycles. The predicted octanol–water partition coefficient (Wildman–Crippen LogP) is 2.86. The molecule has 26 heavy (non-hydrogen) atoms. The standard InChI is InChI=1S/C17H15Cl2N5O2/c1-24-14(25)7-13(23-17(24)20)9-3-2-4-11(5-9)22-16(26)15-12(19)6-10(18)8-21-15/h2-6,8,13H,7H2,1H3,(H2,20,23)(H,22,26). The van der Waals surface area contributed by atoms with Gasteiger partial charge in [-0.05, 0) is 23.8 Å². The minimum atomic E-state index is -0.466. The molecule has 7 nitrogen and oxygen atoms in total. The second-order valence-corrected chi connectivity index (χ2v) is 6.57. The number of nitrogens with two attached hydrogens (primary N) is 1. The molecule has 2 aromatic rings. The Morgan fingerprint density at radius 2 is 2.12 bits per heavy atom. The van der Waals surface area contributed by atoms with Crippen molar-refractivity contribution >= 4 is 46.7 Å². The van der Waals surface area contributed by atoms with Gasteiger partial charge in [0.1, 0.15) is 5.69 Å². The van der Waals surface area contributed by atoms with E-state index in [9.17, 15) is 9.59 Å². The number of pyridine rings is 1. The van der Waals surface area contributed by atoms with Gasteiger partial charge in [0.25, 0.3) is 5.91 Å². The molecule has 0 radical (unpaired) electrons. The first-order chi connectivity index (χ1) is 12.3. The van der Waals surface area contributed by atoms with E-state index in [1.165, 1.54) is 17.2 Å². The van der Waals surface area contributed by atoms with Crippen LogP contribution in [0.3, 0.4) is 0 Å². The van der Waals surface area contributed by atoms with Crippen LogP contribution in [0.1, 0.15) is 28.5 Å². The van der Waals surface area contributed by atoms with Gasteiger partial charge in [0.15, 0.2) is 5.96 Å². The predicted molar refractivity (Wildman–Crippen MR) is 100 cm³/mol. The molecule has 1 aromatic carbocycles. The number of aliphatic imine (C=N–C) groups is 1. The zero-order chi connectivity index (χ0) is 18.8. The summed E-state index contributed by atoms with van der Waals surface area (Å²) in [4.78, 5) is 33.9. The molecule has 134 valence electrons. The lowest BCUT2D eigenvalue weighted by Crippen LogP contribution is -2.42. The van der Waals surface area contributed by atoms with Crippen molar-refractivity contribution < 1.29 is 9.59 Å². The van der Waals surface area contributed by atoms with E-state index in [-0.39, 0.29) is 29.0 Å². The molecule has 0 saturated carbocycles. The van der Waals surface area contributed by atoms with Crippen molar-refractivity contribution in [3.8, 4) is 0 Å². The largest absolute Gasteiger partial charge is 0.369 e. The van der Waals surface area contributed by atoms with E-state index in [1.807, 2.05) is 6.07 Å². The summed E-state index contributed by atoms with van der Waals surface area (Å²) in [7, 11) is 1.58. The van der Waals surface area contributed by atoms with Gasteiger partial charge in [-0.15, -0.1) is 0 Å². The molecule has 3 rings (SSSR count). The first kappa shape index (κ1) is 18.2. The maximum absolute atomic E-state index is 12.4. The molecule has 0 saturated heterocycles. The van der Waals surface area contributed by atoms with Gasteiger partial charge < -0.3 is 11.1 Å². The average molecular weight is 392 g/mol. The van der Waals surface area contributed by atoms with Crippen LogP contribution in [0.4, 0.5) is 5.69 Å². The smallest absolute Gasteiger partial charge is 0.275 e. The summed E-state index contributed by atoms with van der Waals surface area (Å²) in [5, 5.41) is 3.23. The molecule has 0 spiro atoms. The van der Waals surface area contributed by atoms with Crippen molar-refractivity contribution in [2.45, 2.75) is 12.5 Å². The highest BCUT2D eigenvalue weighted by molar-refractivity contribution is 6.36. The van der Waals surface area contributed by atoms with Gasteiger partial charge in [-0.25, -0.2) is 9.98 Å². The van der Waals surface area contributed by atoms with Crippen molar-refractivity contribution in [1.29, 1.82) is 0 Å². The lowest BCUT2D eigenvalue weighted by atomic mass is 10.0. The average Bonchev–Trinajstić information content (AvgIpc) is 2.59. The van der Waals surface area contributed by atoms with Crippen molar-refractivity contribution in [1.82, 2.24) is 9.88 Å². The summed E-state index contributed by atoms with van der Waals surface area (Å²) in [6.45, 7) is 0. The minimum absolute atomic E-state index is 0.0678. The van der Waals surface area contributed by atoms with Crippen LogP contribution in [-0.2, 0) is 4.79 Å². The molecular weight excluding hydrogens is 377 g/mol. The van der Waals surface area contributed by atoms with Gasteiger partial charge in [0, 0.05) is 18.9 Å². The van der Waals surface area contributed by atoms with E-state index in [0.717, 1.165) is 5.56 Å². The van der Waals surface area contributed by atoms with Crippen molar-refractivity contribution in [3.63, 3.8) is 0 Å². The number of halogens is 2. The summed E-state index contributed by atoms with van der Waals surface area (Å²) in [5.74, 6) is -0.418. The number of amides is 2. The Bertz CT molecular complexity index is 916. The Morgan fingerprint density at radius 1 is 1.35 bits per heavy atom. The summed E-state index contributed by atoms with van der Waals surface area (Å²) in [5.41, 5.74) is 7.13. The van der Waals surface area contributed by atoms with E-state index in [4.69, 9.17) is 28.9 Å². The summed E-state index contributed by atoms with van der Waals surface area (Å²) in [6, 6.07) is 8.09. The third-order valence-electron chi connectivity index (χ3n) is 3.93. The van der Waals surface area contributed by atoms with Crippen LogP contribution >= 0.6 is 23.2 Å². The minimum Gasteiger partial charge on any atom is -0.369 e. The van der Waals surface area contributed by atoms with Crippen LogP contribution in [0.2, 0.25) is 10.0 Å². The lowest BCUT2D eigenvalue weighted by molar-refractivity contribution is -0.127. The van der Waals surface area contributed by atoms with E-state index in [1.54, 1.807) is 25.2 Å². The van der Waals surface area contributed by atoms with E-state index in [2.05, 4.69) is 15.3 Å². The second kappa shape index (κ2) is 7.31. The number of anilines is 1. The van der Waals surface area contributed by atoms with Gasteiger partial charge in [-0.2, -0.15) is 0 Å². The second-order valence-electron chi connectivity index (χ2n) is 5.72. The third kappa shape index (κ3) is 3.79. The molecule has 1 aromatic heterocycles. The SMILES string of the molecule is CN1C(=O)CC(c2cccc(NC(=O)c3ncc(Cl)cc3Cl)c2)N=C1N. The van der Waals surface area contributed by atoms with Gasteiger partial charge >= 0.3 is 0 Å². The Morgan fingerprint density at radius 3 is 2.81 bits per heavy atom. The van der Waals surface area contributed by atoms with Crippen LogP contribution in [0.25, 0.3) is 0 Å². The van der Waals surface area contributed by atoms with Crippen LogP contribution in [0.15, 0.2) is 41.5 Å². The monoisotopic (exact) mass is 391 g/mol. The number of carbonyl (C=O) groups is 2. The number of carbonyl (C=O) groups excluding carboxylic acids is 2. The first-order valence-corrected chi connectivity index (χ1v) is 8.43. The maximum Gasteiger partial charge on any atom is 0.275 e. The molecule has 2 heterocycles. The van der Waals surface area contributed by atoms with E-state index >= 15 is 0 Å². The van der Waals surface area contributed by atoms with Crippen molar-refractivity contribution in [2.75, 3.05) is 12.4 Å². The Balaban J connectivity index is 1.82. The molecule has 1 unspecified atom stereocenters. The third-order valence-corrected chi connectivity index (χ3v) is 4.42. The lowest BCUT2D eigenvalue weighted by Gasteiger charge is -2.25. The van der Waals surface area contributed by atoms with Crippen LogP contribution in [0.5, 0.6) is 0 Å². The van der Waals surface area contributed by atoms with Crippen LogP contribution in [0, 0.1) is 0 Å². The highest BCUT2D eigenvalue weighted by Gasteiger charge is 2.26. The zero-order valence-corrected chi connectivity index (χ0v) is 15.3. The highest BCUT2D eigenvalue weighted by Crippen LogP contribution is 2.28. The normalized spacial score (nSPS) is 17.0. The Hall–Kier alpha value is -2.64. The maximum atomic E-state index is 12.4. The zero-order valence-electron chi connectivity index (χ0n) is 13.7. The van der Waals surface area contributed by atoms with Gasteiger partial charge in [-0.1, -0.05) is 35.3 Å². The van der Waals surface area contributed by atoms with Crippen molar-refractivity contribution in [2.24, 2.45) is 10.7 Å². The number of aromatic nitrogens is 1. The molecule has 1 aliphatic heterocycles. The highest BCUT2D eigenvalue weighted by atomic mass is 35.5. The Labute approximate surface area is 159 Å². The summed E-state index contributed by atoms with van der Waals surface area (Å²) < 4.78 is 0. The molecule has 1 atom stereocenters. The Kier molecular flexibility index (Phi) is 5.11. The summed E-state index contributed by atoms with van der Waals surface area (Å²) >= 11 is 11.8. The van der Waals surface area contributed by atoms with E-state index < -0.39 is 11.9 Å². The fourth-order valence-corrected chi connectivity index (χ4v) is 2.98. The number of benzene rings is 1. The number of guanidine groups is 1. The first-order valence-electron chi connectivity index (χ1n) is 7.67. The number of hydrogen-bond acceptors (Lipinski definition) is 5. The molecule has 2 amide bonds. The molecule has 0 fully saturated rings. The number of rotatable bonds is 3. The van der Waals surface area contributed by atoms with Gasteiger partial charge in [0.2, 0.25) is 5.91 Å². The number of hydrogen-bond donors (Lipinski definition) is 2. The number of nitrogens with zero attached hydrogens (tertiary/aromatic N) is 3. The van der Waals surface area contributed by atoms with E-state index in [0.29, 0.717) is 10.7 Å². The molecule has 0 bridgehead atoms. The topological polar surface area (TPSA) is 101 Å². The van der Waals surface area contributed by atoms with Crippen molar-refractivity contribution in [3.05, 3.63) is 57.8 Å². The van der Waals surface area contributed by atoms with Gasteiger partial charge in [0.05, 0.1) is 22.5 Å². The fraction of sp³-hybridized carbons (Fsp3) is 0.176. The number of nitrogens with one attached hydrogen (secondary N) is 1. The van der Waals surface area contributed by atoms with Crippen LogP contribution in [-0.4, -0.2) is 34.7 Å². The summed E-state index contributed by atoms with van der Waals surface area (Å²) in [6.07, 6.45) is 1.56. The molecule has 1 aliphatic rings. The van der Waals surface area contributed by atoms with Crippen LogP contribution < -0.4 is 11.1 Å². The molecule has 9 heteroatoms. The quantitative estimate of drug-likeness (QED) is 0.839. The molecular formula is C17H15Cl2N5O2. The fourth-order valence-electron chi connectivity index (χ4n) is 2.51.